The first-order valence-corrected chi connectivity index (χ1v) is 7.52. The SMILES string of the molecule is COc1nc2sccn2c1CNc1ccc2[nH]ccc2c1. The van der Waals surface area contributed by atoms with Crippen LogP contribution in [0.3, 0.4) is 0 Å². The number of nitrogens with zero attached hydrogens (tertiary/aromatic N) is 2. The van der Waals surface area contributed by atoms with Gasteiger partial charge in [0.15, 0.2) is 4.96 Å². The Morgan fingerprint density at radius 1 is 1.38 bits per heavy atom. The Kier molecular flexibility index (Phi) is 2.82. The number of rotatable bonds is 4. The number of nitrogens with one attached hydrogen (secondary N) is 2. The van der Waals surface area contributed by atoms with E-state index < -0.39 is 0 Å². The third-order valence-corrected chi connectivity index (χ3v) is 4.29. The standard InChI is InChI=1S/C15H14N4OS/c1-20-14-13(19-6-7-21-15(19)18-14)9-17-11-2-3-12-10(8-11)4-5-16-12/h2-8,16-17H,9H2,1H3. The summed E-state index contributed by atoms with van der Waals surface area (Å²) in [5.41, 5.74) is 3.25. The average Bonchev–Trinajstić information content (AvgIpc) is 3.19. The van der Waals surface area contributed by atoms with Crippen LogP contribution in [0.5, 0.6) is 5.88 Å². The lowest BCUT2D eigenvalue weighted by Gasteiger charge is -2.07. The van der Waals surface area contributed by atoms with E-state index in [4.69, 9.17) is 4.74 Å². The molecule has 5 nitrogen and oxygen atoms in total. The van der Waals surface area contributed by atoms with Crippen molar-refractivity contribution in [2.24, 2.45) is 0 Å². The van der Waals surface area contributed by atoms with E-state index in [9.17, 15) is 0 Å². The largest absolute Gasteiger partial charge is 0.480 e. The van der Waals surface area contributed by atoms with Crippen LogP contribution in [-0.4, -0.2) is 21.5 Å². The van der Waals surface area contributed by atoms with Gasteiger partial charge in [-0.15, -0.1) is 11.3 Å². The zero-order valence-electron chi connectivity index (χ0n) is 11.5. The summed E-state index contributed by atoms with van der Waals surface area (Å²) < 4.78 is 7.43. The Balaban J connectivity index is 1.63. The highest BCUT2D eigenvalue weighted by Crippen LogP contribution is 2.25. The van der Waals surface area contributed by atoms with Crippen molar-refractivity contribution in [3.05, 3.63) is 47.7 Å². The molecule has 3 heterocycles. The van der Waals surface area contributed by atoms with Crippen molar-refractivity contribution in [1.82, 2.24) is 14.4 Å². The molecule has 0 aliphatic carbocycles. The minimum atomic E-state index is 0.664. The predicted molar refractivity (Wildman–Crippen MR) is 85.2 cm³/mol. The molecule has 2 N–H and O–H groups in total. The fraction of sp³-hybridized carbons (Fsp3) is 0.133. The lowest BCUT2D eigenvalue weighted by molar-refractivity contribution is 0.395. The molecule has 0 amide bonds. The van der Waals surface area contributed by atoms with Gasteiger partial charge in [0.05, 0.1) is 13.7 Å². The van der Waals surface area contributed by atoms with E-state index in [1.807, 2.05) is 17.8 Å². The maximum Gasteiger partial charge on any atom is 0.238 e. The van der Waals surface area contributed by atoms with E-state index in [2.05, 4.69) is 44.0 Å². The number of fused-ring (bicyclic) bond motifs is 2. The third-order valence-electron chi connectivity index (χ3n) is 3.53. The molecule has 106 valence electrons. The topological polar surface area (TPSA) is 54.4 Å². The molecule has 0 saturated heterocycles. The van der Waals surface area contributed by atoms with E-state index in [0.717, 1.165) is 21.9 Å². The highest BCUT2D eigenvalue weighted by molar-refractivity contribution is 7.15. The fourth-order valence-electron chi connectivity index (χ4n) is 2.49. The Bertz CT molecular complexity index is 905. The minimum absolute atomic E-state index is 0.664. The fourth-order valence-corrected chi connectivity index (χ4v) is 3.21. The number of H-pyrrole nitrogens is 1. The first kappa shape index (κ1) is 12.3. The van der Waals surface area contributed by atoms with Gasteiger partial charge in [0.25, 0.3) is 0 Å². The normalized spacial score (nSPS) is 11.3. The van der Waals surface area contributed by atoms with Crippen LogP contribution in [0.4, 0.5) is 5.69 Å². The lowest BCUT2D eigenvalue weighted by atomic mass is 10.2. The van der Waals surface area contributed by atoms with Crippen molar-refractivity contribution in [3.63, 3.8) is 0 Å². The first-order valence-electron chi connectivity index (χ1n) is 6.64. The molecule has 4 rings (SSSR count). The van der Waals surface area contributed by atoms with Crippen molar-refractivity contribution < 1.29 is 4.74 Å². The van der Waals surface area contributed by atoms with Crippen LogP contribution in [0.2, 0.25) is 0 Å². The molecular formula is C15H14N4OS. The number of hydrogen-bond donors (Lipinski definition) is 2. The van der Waals surface area contributed by atoms with E-state index in [0.29, 0.717) is 12.4 Å². The second kappa shape index (κ2) is 4.82. The molecule has 0 radical (unpaired) electrons. The molecule has 0 spiro atoms. The molecule has 0 unspecified atom stereocenters. The minimum Gasteiger partial charge on any atom is -0.480 e. The molecule has 0 saturated carbocycles. The maximum absolute atomic E-state index is 5.36. The number of methoxy groups -OCH3 is 1. The van der Waals surface area contributed by atoms with Crippen LogP contribution in [0.1, 0.15) is 5.69 Å². The van der Waals surface area contributed by atoms with Gasteiger partial charge in [0.1, 0.15) is 5.69 Å². The van der Waals surface area contributed by atoms with Crippen LogP contribution in [0.15, 0.2) is 42.0 Å². The summed E-state index contributed by atoms with van der Waals surface area (Å²) in [6.07, 6.45) is 3.96. The summed E-state index contributed by atoms with van der Waals surface area (Å²) in [7, 11) is 1.65. The number of ether oxygens (including phenoxy) is 1. The number of imidazole rings is 1. The Hall–Kier alpha value is -2.47. The molecule has 0 aliphatic heterocycles. The van der Waals surface area contributed by atoms with Crippen LogP contribution in [-0.2, 0) is 6.54 Å². The van der Waals surface area contributed by atoms with Crippen molar-refractivity contribution in [2.75, 3.05) is 12.4 Å². The van der Waals surface area contributed by atoms with E-state index >= 15 is 0 Å². The second-order valence-electron chi connectivity index (χ2n) is 4.76. The van der Waals surface area contributed by atoms with Crippen molar-refractivity contribution >= 4 is 32.9 Å². The Morgan fingerprint density at radius 2 is 2.33 bits per heavy atom. The smallest absolute Gasteiger partial charge is 0.238 e. The van der Waals surface area contributed by atoms with Crippen molar-refractivity contribution in [1.29, 1.82) is 0 Å². The van der Waals surface area contributed by atoms with E-state index in [-0.39, 0.29) is 0 Å². The summed E-state index contributed by atoms with van der Waals surface area (Å²) in [4.78, 5) is 8.60. The molecule has 21 heavy (non-hydrogen) atoms. The molecule has 3 aromatic heterocycles. The van der Waals surface area contributed by atoms with Gasteiger partial charge in [-0.1, -0.05) is 0 Å². The average molecular weight is 298 g/mol. The number of aromatic nitrogens is 3. The van der Waals surface area contributed by atoms with Gasteiger partial charge in [0.2, 0.25) is 5.88 Å². The Labute approximate surface area is 125 Å². The monoisotopic (exact) mass is 298 g/mol. The van der Waals surface area contributed by atoms with Crippen LogP contribution < -0.4 is 10.1 Å². The lowest BCUT2D eigenvalue weighted by Crippen LogP contribution is -2.03. The first-order chi connectivity index (χ1) is 10.3. The molecule has 0 bridgehead atoms. The third kappa shape index (κ3) is 2.04. The predicted octanol–water partition coefficient (Wildman–Crippen LogP) is 3.50. The van der Waals surface area contributed by atoms with Gasteiger partial charge in [0, 0.05) is 34.4 Å². The molecule has 0 fully saturated rings. The second-order valence-corrected chi connectivity index (χ2v) is 5.63. The van der Waals surface area contributed by atoms with Crippen LogP contribution >= 0.6 is 11.3 Å². The number of thiazole rings is 1. The van der Waals surface area contributed by atoms with Gasteiger partial charge >= 0.3 is 0 Å². The van der Waals surface area contributed by atoms with Crippen molar-refractivity contribution in [2.45, 2.75) is 6.54 Å². The quantitative estimate of drug-likeness (QED) is 0.606. The van der Waals surface area contributed by atoms with Crippen LogP contribution in [0.25, 0.3) is 15.9 Å². The molecule has 0 aliphatic rings. The number of anilines is 1. The summed E-state index contributed by atoms with van der Waals surface area (Å²) >= 11 is 1.60. The van der Waals surface area contributed by atoms with E-state index in [1.165, 1.54) is 5.39 Å². The number of aromatic amines is 1. The summed E-state index contributed by atoms with van der Waals surface area (Å²) in [5.74, 6) is 0.678. The summed E-state index contributed by atoms with van der Waals surface area (Å²) in [6.45, 7) is 0.664. The molecular weight excluding hydrogens is 284 g/mol. The number of hydrogen-bond acceptors (Lipinski definition) is 4. The van der Waals surface area contributed by atoms with Gasteiger partial charge in [-0.2, -0.15) is 4.98 Å². The molecule has 6 heteroatoms. The zero-order chi connectivity index (χ0) is 14.2. The molecule has 1 aromatic carbocycles. The summed E-state index contributed by atoms with van der Waals surface area (Å²) in [5, 5.41) is 6.66. The maximum atomic E-state index is 5.36. The van der Waals surface area contributed by atoms with Gasteiger partial charge in [-0.25, -0.2) is 0 Å². The van der Waals surface area contributed by atoms with Crippen LogP contribution in [0, 0.1) is 0 Å². The highest BCUT2D eigenvalue weighted by atomic mass is 32.1. The number of benzene rings is 1. The Morgan fingerprint density at radius 3 is 3.24 bits per heavy atom. The zero-order valence-corrected chi connectivity index (χ0v) is 12.3. The van der Waals surface area contributed by atoms with Gasteiger partial charge < -0.3 is 15.0 Å². The van der Waals surface area contributed by atoms with Crippen molar-refractivity contribution in [3.8, 4) is 5.88 Å². The summed E-state index contributed by atoms with van der Waals surface area (Å²) in [6, 6.07) is 8.34. The van der Waals surface area contributed by atoms with Gasteiger partial charge in [-0.05, 0) is 24.3 Å². The highest BCUT2D eigenvalue weighted by Gasteiger charge is 2.13. The molecule has 4 aromatic rings. The molecule has 0 atom stereocenters. The van der Waals surface area contributed by atoms with Gasteiger partial charge in [-0.3, -0.25) is 4.40 Å². The van der Waals surface area contributed by atoms with E-state index in [1.54, 1.807) is 18.4 Å².